The van der Waals surface area contributed by atoms with Crippen LogP contribution in [0.5, 0.6) is 0 Å². The van der Waals surface area contributed by atoms with Gasteiger partial charge in [-0.3, -0.25) is 9.36 Å². The Labute approximate surface area is 176 Å². The first-order valence-electron chi connectivity index (χ1n) is 9.81. The van der Waals surface area contributed by atoms with E-state index in [2.05, 4.69) is 5.32 Å². The highest BCUT2D eigenvalue weighted by molar-refractivity contribution is 7.58. The molecule has 0 spiro atoms. The van der Waals surface area contributed by atoms with E-state index in [1.807, 2.05) is 48.5 Å². The summed E-state index contributed by atoms with van der Waals surface area (Å²) in [6.07, 6.45) is -0.967. The normalized spacial score (nSPS) is 14.8. The number of hydrogen-bond acceptors (Lipinski definition) is 5. The van der Waals surface area contributed by atoms with Crippen LogP contribution in [0.15, 0.2) is 60.7 Å². The number of hydrogen-bond donors (Lipinski definition) is 2. The zero-order valence-electron chi connectivity index (χ0n) is 17.2. The Bertz CT molecular complexity index is 858. The molecular formula is C22H28NO6P. The molecule has 0 bridgehead atoms. The monoisotopic (exact) mass is 433 g/mol. The van der Waals surface area contributed by atoms with E-state index in [-0.39, 0.29) is 25.8 Å². The first kappa shape index (κ1) is 23.6. The molecule has 2 aromatic carbocycles. The van der Waals surface area contributed by atoms with Crippen molar-refractivity contribution in [3.05, 3.63) is 71.8 Å². The fraction of sp³-hybridized carbons (Fsp3) is 0.364. The second-order valence-electron chi connectivity index (χ2n) is 7.00. The Hall–Kier alpha value is -2.63. The Morgan fingerprint density at radius 3 is 2.13 bits per heavy atom. The molecule has 0 saturated heterocycles. The third-order valence-electron chi connectivity index (χ3n) is 4.48. The molecule has 1 amide bonds. The van der Waals surface area contributed by atoms with Gasteiger partial charge in [0.25, 0.3) is 0 Å². The van der Waals surface area contributed by atoms with Crippen LogP contribution >= 0.6 is 7.37 Å². The summed E-state index contributed by atoms with van der Waals surface area (Å²) in [6, 6.07) is 18.2. The van der Waals surface area contributed by atoms with Gasteiger partial charge in [-0.05, 0) is 18.1 Å². The molecule has 0 radical (unpaired) electrons. The van der Waals surface area contributed by atoms with Crippen LogP contribution < -0.4 is 5.32 Å². The van der Waals surface area contributed by atoms with Crippen LogP contribution in [-0.4, -0.2) is 35.5 Å². The molecule has 2 rings (SSSR count). The number of amides is 1. The molecule has 8 heteroatoms. The maximum Gasteiger partial charge on any atom is 0.408 e. The van der Waals surface area contributed by atoms with Crippen molar-refractivity contribution in [1.29, 1.82) is 0 Å². The van der Waals surface area contributed by atoms with E-state index in [9.17, 15) is 19.0 Å². The minimum absolute atomic E-state index is 0.0414. The second kappa shape index (κ2) is 11.5. The summed E-state index contributed by atoms with van der Waals surface area (Å²) in [5.41, 5.74) is 1.58. The van der Waals surface area contributed by atoms with Crippen molar-refractivity contribution in [2.75, 3.05) is 12.8 Å². The molecule has 0 aliphatic rings. The summed E-state index contributed by atoms with van der Waals surface area (Å²) in [4.78, 5) is 35.0. The molecule has 0 fully saturated rings. The lowest BCUT2D eigenvalue weighted by atomic mass is 10.1. The maximum absolute atomic E-state index is 13.1. The average Bonchev–Trinajstić information content (AvgIpc) is 2.73. The number of alkyl carbamates (subject to hydrolysis) is 1. The molecule has 0 aliphatic heterocycles. The highest BCUT2D eigenvalue weighted by atomic mass is 31.2. The predicted octanol–water partition coefficient (Wildman–Crippen LogP) is 3.95. The van der Waals surface area contributed by atoms with Crippen LogP contribution in [0.2, 0.25) is 0 Å². The third kappa shape index (κ3) is 7.65. The van der Waals surface area contributed by atoms with Gasteiger partial charge < -0.3 is 19.7 Å². The Morgan fingerprint density at radius 1 is 1.00 bits per heavy atom. The highest BCUT2D eigenvalue weighted by Crippen LogP contribution is 2.48. The van der Waals surface area contributed by atoms with Gasteiger partial charge in [0.15, 0.2) is 0 Å². The van der Waals surface area contributed by atoms with Gasteiger partial charge >= 0.3 is 12.1 Å². The van der Waals surface area contributed by atoms with Crippen molar-refractivity contribution >= 4 is 19.4 Å². The Morgan fingerprint density at radius 2 is 1.57 bits per heavy atom. The SMILES string of the molecule is CCOC(=O)[C@@H](C)CP(=O)(O)[C@H](Cc1ccccc1)NC(=O)OCc1ccccc1. The summed E-state index contributed by atoms with van der Waals surface area (Å²) in [5, 5.41) is 2.53. The van der Waals surface area contributed by atoms with E-state index in [0.29, 0.717) is 0 Å². The van der Waals surface area contributed by atoms with E-state index >= 15 is 0 Å². The van der Waals surface area contributed by atoms with Crippen molar-refractivity contribution in [1.82, 2.24) is 5.32 Å². The number of esters is 1. The number of benzene rings is 2. The zero-order valence-corrected chi connectivity index (χ0v) is 18.1. The largest absolute Gasteiger partial charge is 0.466 e. The minimum atomic E-state index is -3.96. The first-order chi connectivity index (χ1) is 14.3. The molecule has 1 unspecified atom stereocenters. The zero-order chi connectivity index (χ0) is 22.0. The van der Waals surface area contributed by atoms with Crippen molar-refractivity contribution in [2.45, 2.75) is 32.7 Å². The van der Waals surface area contributed by atoms with Gasteiger partial charge in [0.2, 0.25) is 7.37 Å². The van der Waals surface area contributed by atoms with E-state index in [4.69, 9.17) is 9.47 Å². The molecule has 0 heterocycles. The molecule has 3 atom stereocenters. The molecule has 30 heavy (non-hydrogen) atoms. The predicted molar refractivity (Wildman–Crippen MR) is 114 cm³/mol. The number of nitrogens with one attached hydrogen (secondary N) is 1. The van der Waals surface area contributed by atoms with Crippen LogP contribution in [-0.2, 0) is 31.9 Å². The smallest absolute Gasteiger partial charge is 0.408 e. The Balaban J connectivity index is 2.09. The molecule has 0 aliphatic carbocycles. The summed E-state index contributed by atoms with van der Waals surface area (Å²) in [7, 11) is -3.96. The van der Waals surface area contributed by atoms with Crippen LogP contribution in [0.4, 0.5) is 4.79 Å². The number of ether oxygens (including phenoxy) is 2. The molecule has 2 aromatic rings. The van der Waals surface area contributed by atoms with Crippen LogP contribution in [0.25, 0.3) is 0 Å². The fourth-order valence-corrected chi connectivity index (χ4v) is 4.90. The van der Waals surface area contributed by atoms with Gasteiger partial charge in [0.05, 0.1) is 12.5 Å². The van der Waals surface area contributed by atoms with E-state index < -0.39 is 31.1 Å². The van der Waals surface area contributed by atoms with Gasteiger partial charge in [0.1, 0.15) is 12.4 Å². The molecule has 7 nitrogen and oxygen atoms in total. The van der Waals surface area contributed by atoms with E-state index in [1.54, 1.807) is 19.1 Å². The van der Waals surface area contributed by atoms with E-state index in [1.165, 1.54) is 6.92 Å². The molecule has 162 valence electrons. The lowest BCUT2D eigenvalue weighted by molar-refractivity contribution is -0.146. The third-order valence-corrected chi connectivity index (χ3v) is 6.84. The fourth-order valence-electron chi connectivity index (χ4n) is 2.91. The van der Waals surface area contributed by atoms with Gasteiger partial charge in [0, 0.05) is 12.6 Å². The topological polar surface area (TPSA) is 102 Å². The van der Waals surface area contributed by atoms with Gasteiger partial charge in [-0.15, -0.1) is 0 Å². The van der Waals surface area contributed by atoms with Crippen molar-refractivity contribution in [3.8, 4) is 0 Å². The van der Waals surface area contributed by atoms with Crippen LogP contribution in [0.1, 0.15) is 25.0 Å². The molecule has 0 saturated carbocycles. The standard InChI is InChI=1S/C22H28NO6P/c1-3-28-21(24)17(2)16-30(26,27)20(14-18-10-6-4-7-11-18)23-22(25)29-15-19-12-8-5-9-13-19/h4-13,17,20H,3,14-16H2,1-2H3,(H,23,25)(H,26,27)/t17-,20+/m0/s1. The summed E-state index contributed by atoms with van der Waals surface area (Å²) < 4.78 is 23.3. The number of carbonyl (C=O) groups excluding carboxylic acids is 2. The Kier molecular flexibility index (Phi) is 9.09. The summed E-state index contributed by atoms with van der Waals surface area (Å²) in [5.74, 6) is -2.42. The van der Waals surface area contributed by atoms with E-state index in [0.717, 1.165) is 11.1 Å². The minimum Gasteiger partial charge on any atom is -0.466 e. The van der Waals surface area contributed by atoms with Crippen molar-refractivity contribution < 1.29 is 28.5 Å². The lowest BCUT2D eigenvalue weighted by Gasteiger charge is -2.26. The maximum atomic E-state index is 13.1. The second-order valence-corrected chi connectivity index (χ2v) is 9.50. The number of carbonyl (C=O) groups is 2. The van der Waals surface area contributed by atoms with Crippen molar-refractivity contribution in [3.63, 3.8) is 0 Å². The summed E-state index contributed by atoms with van der Waals surface area (Å²) in [6.45, 7) is 3.44. The summed E-state index contributed by atoms with van der Waals surface area (Å²) >= 11 is 0. The van der Waals surface area contributed by atoms with Crippen LogP contribution in [0, 0.1) is 5.92 Å². The van der Waals surface area contributed by atoms with Gasteiger partial charge in [-0.25, -0.2) is 4.79 Å². The molecular weight excluding hydrogens is 405 g/mol. The van der Waals surface area contributed by atoms with Crippen LogP contribution in [0.3, 0.4) is 0 Å². The van der Waals surface area contributed by atoms with Gasteiger partial charge in [-0.2, -0.15) is 0 Å². The highest BCUT2D eigenvalue weighted by Gasteiger charge is 2.36. The first-order valence-corrected chi connectivity index (χ1v) is 11.7. The molecule has 0 aromatic heterocycles. The number of rotatable bonds is 10. The quantitative estimate of drug-likeness (QED) is 0.435. The average molecular weight is 433 g/mol. The lowest BCUT2D eigenvalue weighted by Crippen LogP contribution is -2.38. The molecule has 2 N–H and O–H groups in total. The van der Waals surface area contributed by atoms with Crippen molar-refractivity contribution in [2.24, 2.45) is 5.92 Å². The van der Waals surface area contributed by atoms with Gasteiger partial charge in [-0.1, -0.05) is 67.6 Å².